The maximum atomic E-state index is 9.31. The summed E-state index contributed by atoms with van der Waals surface area (Å²) in [5, 5.41) is 12.7. The molecule has 0 saturated carbocycles. The highest BCUT2D eigenvalue weighted by Gasteiger charge is 2.31. The van der Waals surface area contributed by atoms with Crippen LogP contribution in [0.4, 0.5) is 0 Å². The van der Waals surface area contributed by atoms with E-state index in [4.69, 9.17) is 4.42 Å². The fourth-order valence-electron chi connectivity index (χ4n) is 2.40. The zero-order valence-electron chi connectivity index (χ0n) is 9.20. The fraction of sp³-hybridized carbons (Fsp3) is 0.667. The average Bonchev–Trinajstić information content (AvgIpc) is 2.71. The van der Waals surface area contributed by atoms with Crippen LogP contribution in [0.25, 0.3) is 0 Å². The van der Waals surface area contributed by atoms with Crippen molar-refractivity contribution in [2.24, 2.45) is 5.92 Å². The van der Waals surface area contributed by atoms with Gasteiger partial charge in [-0.25, -0.2) is 0 Å². The highest BCUT2D eigenvalue weighted by molar-refractivity contribution is 5.01. The summed E-state index contributed by atoms with van der Waals surface area (Å²) in [4.78, 5) is 0. The van der Waals surface area contributed by atoms with Crippen LogP contribution in [-0.2, 0) is 6.42 Å². The largest absolute Gasteiger partial charge is 0.469 e. The first-order chi connectivity index (χ1) is 7.22. The lowest BCUT2D eigenvalue weighted by atomic mass is 9.81. The minimum atomic E-state index is -0.102. The molecular formula is C12H19NO2. The molecule has 15 heavy (non-hydrogen) atoms. The molecule has 84 valence electrons. The molecule has 3 nitrogen and oxygen atoms in total. The Morgan fingerprint density at radius 1 is 1.67 bits per heavy atom. The maximum absolute atomic E-state index is 9.31. The van der Waals surface area contributed by atoms with Crippen LogP contribution in [0.1, 0.15) is 25.5 Å². The van der Waals surface area contributed by atoms with E-state index in [1.807, 2.05) is 12.1 Å². The van der Waals surface area contributed by atoms with Gasteiger partial charge < -0.3 is 14.8 Å². The van der Waals surface area contributed by atoms with Crippen molar-refractivity contribution < 1.29 is 9.52 Å². The van der Waals surface area contributed by atoms with Crippen LogP contribution in [-0.4, -0.2) is 23.8 Å². The lowest BCUT2D eigenvalue weighted by Crippen LogP contribution is -2.51. The van der Waals surface area contributed by atoms with E-state index >= 15 is 0 Å². The van der Waals surface area contributed by atoms with E-state index in [-0.39, 0.29) is 12.1 Å². The molecule has 2 atom stereocenters. The standard InChI is InChI=1S/C12H19NO2/c1-12(9-14)8-10(4-5-13-12)7-11-3-2-6-15-11/h2-3,6,10,13-14H,4-5,7-9H2,1H3. The van der Waals surface area contributed by atoms with Gasteiger partial charge in [-0.15, -0.1) is 0 Å². The van der Waals surface area contributed by atoms with Crippen molar-refractivity contribution in [1.82, 2.24) is 5.32 Å². The second-order valence-electron chi connectivity index (χ2n) is 4.79. The molecule has 3 heteroatoms. The Labute approximate surface area is 90.5 Å². The lowest BCUT2D eigenvalue weighted by molar-refractivity contribution is 0.118. The first-order valence-corrected chi connectivity index (χ1v) is 5.60. The second kappa shape index (κ2) is 4.37. The number of piperidine rings is 1. The Kier molecular flexibility index (Phi) is 3.12. The van der Waals surface area contributed by atoms with Gasteiger partial charge in [-0.3, -0.25) is 0 Å². The number of hydrogen-bond acceptors (Lipinski definition) is 3. The van der Waals surface area contributed by atoms with Gasteiger partial charge in [0.2, 0.25) is 0 Å². The van der Waals surface area contributed by atoms with Crippen molar-refractivity contribution in [3.05, 3.63) is 24.2 Å². The zero-order chi connectivity index (χ0) is 10.7. The van der Waals surface area contributed by atoms with E-state index in [1.165, 1.54) is 0 Å². The average molecular weight is 209 g/mol. The van der Waals surface area contributed by atoms with Crippen molar-refractivity contribution in [2.75, 3.05) is 13.2 Å². The van der Waals surface area contributed by atoms with E-state index in [0.717, 1.165) is 31.6 Å². The topological polar surface area (TPSA) is 45.4 Å². The smallest absolute Gasteiger partial charge is 0.104 e. The minimum Gasteiger partial charge on any atom is -0.469 e. The predicted octanol–water partition coefficient (Wildman–Crippen LogP) is 1.57. The molecule has 0 radical (unpaired) electrons. The molecule has 1 saturated heterocycles. The van der Waals surface area contributed by atoms with Crippen LogP contribution in [0.15, 0.2) is 22.8 Å². The first kappa shape index (κ1) is 10.7. The van der Waals surface area contributed by atoms with E-state index in [1.54, 1.807) is 6.26 Å². The molecule has 1 aliphatic rings. The highest BCUT2D eigenvalue weighted by Crippen LogP contribution is 2.27. The summed E-state index contributed by atoms with van der Waals surface area (Å²) >= 11 is 0. The van der Waals surface area contributed by atoms with Gasteiger partial charge in [-0.2, -0.15) is 0 Å². The van der Waals surface area contributed by atoms with Gasteiger partial charge >= 0.3 is 0 Å². The van der Waals surface area contributed by atoms with Gasteiger partial charge in [0, 0.05) is 12.0 Å². The summed E-state index contributed by atoms with van der Waals surface area (Å²) in [6.07, 6.45) is 4.90. The summed E-state index contributed by atoms with van der Waals surface area (Å²) in [6, 6.07) is 3.96. The predicted molar refractivity (Wildman–Crippen MR) is 58.6 cm³/mol. The molecule has 2 unspecified atom stereocenters. The molecule has 1 fully saturated rings. The highest BCUT2D eigenvalue weighted by atomic mass is 16.3. The van der Waals surface area contributed by atoms with Crippen LogP contribution < -0.4 is 5.32 Å². The van der Waals surface area contributed by atoms with Crippen molar-refractivity contribution in [3.63, 3.8) is 0 Å². The molecule has 0 bridgehead atoms. The third-order valence-electron chi connectivity index (χ3n) is 3.26. The number of aliphatic hydroxyl groups is 1. The molecule has 0 aromatic carbocycles. The number of hydrogen-bond donors (Lipinski definition) is 2. The normalized spacial score (nSPS) is 31.7. The molecule has 0 aliphatic carbocycles. The third kappa shape index (κ3) is 2.61. The van der Waals surface area contributed by atoms with Gasteiger partial charge in [0.1, 0.15) is 5.76 Å². The number of nitrogens with one attached hydrogen (secondary N) is 1. The van der Waals surface area contributed by atoms with Gasteiger partial charge in [0.25, 0.3) is 0 Å². The summed E-state index contributed by atoms with van der Waals surface area (Å²) in [5.74, 6) is 1.68. The lowest BCUT2D eigenvalue weighted by Gasteiger charge is -2.37. The van der Waals surface area contributed by atoms with E-state index in [2.05, 4.69) is 12.2 Å². The molecular weight excluding hydrogens is 190 g/mol. The Balaban J connectivity index is 1.93. The van der Waals surface area contributed by atoms with E-state index in [0.29, 0.717) is 5.92 Å². The van der Waals surface area contributed by atoms with Gasteiger partial charge in [0.15, 0.2) is 0 Å². The van der Waals surface area contributed by atoms with Gasteiger partial charge in [-0.05, 0) is 44.4 Å². The van der Waals surface area contributed by atoms with Crippen molar-refractivity contribution in [1.29, 1.82) is 0 Å². The second-order valence-corrected chi connectivity index (χ2v) is 4.79. The van der Waals surface area contributed by atoms with Crippen LogP contribution in [0, 0.1) is 5.92 Å². The van der Waals surface area contributed by atoms with Crippen molar-refractivity contribution >= 4 is 0 Å². The molecule has 1 aromatic heterocycles. The number of aliphatic hydroxyl groups excluding tert-OH is 1. The van der Waals surface area contributed by atoms with E-state index < -0.39 is 0 Å². The zero-order valence-corrected chi connectivity index (χ0v) is 9.20. The Bertz CT molecular complexity index is 297. The monoisotopic (exact) mass is 209 g/mol. The van der Waals surface area contributed by atoms with E-state index in [9.17, 15) is 5.11 Å². The van der Waals surface area contributed by atoms with Crippen LogP contribution in [0.5, 0.6) is 0 Å². The van der Waals surface area contributed by atoms with Crippen molar-refractivity contribution in [2.45, 2.75) is 31.7 Å². The minimum absolute atomic E-state index is 0.102. The third-order valence-corrected chi connectivity index (χ3v) is 3.26. The Morgan fingerprint density at radius 3 is 3.20 bits per heavy atom. The molecule has 0 spiro atoms. The molecule has 0 amide bonds. The summed E-state index contributed by atoms with van der Waals surface area (Å²) in [6.45, 7) is 3.28. The molecule has 2 heterocycles. The van der Waals surface area contributed by atoms with Gasteiger partial charge in [0.05, 0.1) is 12.9 Å². The number of rotatable bonds is 3. The first-order valence-electron chi connectivity index (χ1n) is 5.60. The summed E-state index contributed by atoms with van der Waals surface area (Å²) in [5.41, 5.74) is -0.102. The van der Waals surface area contributed by atoms with Gasteiger partial charge in [-0.1, -0.05) is 0 Å². The maximum Gasteiger partial charge on any atom is 0.104 e. The van der Waals surface area contributed by atoms with Crippen LogP contribution >= 0.6 is 0 Å². The fourth-order valence-corrected chi connectivity index (χ4v) is 2.40. The van der Waals surface area contributed by atoms with Crippen LogP contribution in [0.2, 0.25) is 0 Å². The SMILES string of the molecule is CC1(CO)CC(Cc2ccco2)CCN1. The molecule has 2 rings (SSSR count). The molecule has 1 aliphatic heterocycles. The summed E-state index contributed by atoms with van der Waals surface area (Å²) < 4.78 is 5.36. The molecule has 2 N–H and O–H groups in total. The Hall–Kier alpha value is -0.800. The van der Waals surface area contributed by atoms with Crippen molar-refractivity contribution in [3.8, 4) is 0 Å². The summed E-state index contributed by atoms with van der Waals surface area (Å²) in [7, 11) is 0. The molecule has 1 aromatic rings. The van der Waals surface area contributed by atoms with Crippen LogP contribution in [0.3, 0.4) is 0 Å². The Morgan fingerprint density at radius 2 is 2.53 bits per heavy atom. The number of furan rings is 1. The quantitative estimate of drug-likeness (QED) is 0.794.